The number of nitrogens with zero attached hydrogens (tertiary/aromatic N) is 1. The number of hydrogen-bond acceptors (Lipinski definition) is 2. The van der Waals surface area contributed by atoms with Crippen LogP contribution in [0.2, 0.25) is 0 Å². The Morgan fingerprint density at radius 1 is 1.37 bits per heavy atom. The number of aryl methyl sites for hydroxylation is 1. The van der Waals surface area contributed by atoms with E-state index in [1.807, 2.05) is 31.2 Å². The van der Waals surface area contributed by atoms with Crippen molar-refractivity contribution < 1.29 is 14.7 Å². The van der Waals surface area contributed by atoms with Gasteiger partial charge in [0.25, 0.3) is 0 Å². The number of hydrogen-bond donors (Lipinski definition) is 2. The van der Waals surface area contributed by atoms with Crippen LogP contribution < -0.4 is 5.32 Å². The lowest BCUT2D eigenvalue weighted by molar-refractivity contribution is -0.141. The molecule has 0 saturated heterocycles. The van der Waals surface area contributed by atoms with E-state index in [1.54, 1.807) is 14.0 Å². The predicted octanol–water partition coefficient (Wildman–Crippen LogP) is 1.86. The van der Waals surface area contributed by atoms with E-state index in [-0.39, 0.29) is 12.6 Å². The number of aliphatic carboxylic acids is 1. The summed E-state index contributed by atoms with van der Waals surface area (Å²) >= 11 is 0. The van der Waals surface area contributed by atoms with E-state index >= 15 is 0 Å². The number of carbonyl (C=O) groups excluding carboxylic acids is 1. The average molecular weight is 264 g/mol. The number of carboxylic acids is 1. The zero-order valence-electron chi connectivity index (χ0n) is 11.5. The van der Waals surface area contributed by atoms with Crippen molar-refractivity contribution in [2.24, 2.45) is 5.92 Å². The molecule has 0 aliphatic heterocycles. The van der Waals surface area contributed by atoms with E-state index in [4.69, 9.17) is 5.11 Å². The molecule has 1 aromatic carbocycles. The van der Waals surface area contributed by atoms with Gasteiger partial charge in [-0.15, -0.1) is 0 Å². The molecular formula is C14H20N2O3. The zero-order valence-corrected chi connectivity index (χ0v) is 11.5. The molecule has 1 aromatic rings. The summed E-state index contributed by atoms with van der Waals surface area (Å²) in [5.74, 6) is -1.48. The number of urea groups is 1. The molecule has 0 radical (unpaired) electrons. The van der Waals surface area contributed by atoms with Gasteiger partial charge in [0.15, 0.2) is 0 Å². The molecule has 1 rings (SSSR count). The fraction of sp³-hybridized carbons (Fsp3) is 0.429. The maximum atomic E-state index is 11.8. The Bertz CT molecular complexity index is 460. The molecule has 0 aliphatic carbocycles. The summed E-state index contributed by atoms with van der Waals surface area (Å²) in [5, 5.41) is 11.6. The van der Waals surface area contributed by atoms with Crippen LogP contribution in [0.4, 0.5) is 4.79 Å². The van der Waals surface area contributed by atoms with Gasteiger partial charge in [-0.05, 0) is 18.1 Å². The largest absolute Gasteiger partial charge is 0.481 e. The average Bonchev–Trinajstić information content (AvgIpc) is 2.37. The summed E-state index contributed by atoms with van der Waals surface area (Å²) in [7, 11) is 1.59. The van der Waals surface area contributed by atoms with Crippen LogP contribution >= 0.6 is 0 Å². The highest BCUT2D eigenvalue weighted by Gasteiger charge is 2.17. The Hall–Kier alpha value is -2.04. The summed E-state index contributed by atoms with van der Waals surface area (Å²) in [4.78, 5) is 23.9. The van der Waals surface area contributed by atoms with Crippen molar-refractivity contribution >= 4 is 12.0 Å². The summed E-state index contributed by atoms with van der Waals surface area (Å²) in [6.45, 7) is 4.19. The molecule has 1 unspecified atom stereocenters. The Balaban J connectivity index is 2.47. The number of benzene rings is 1. The van der Waals surface area contributed by atoms with Crippen molar-refractivity contribution in [3.8, 4) is 0 Å². The van der Waals surface area contributed by atoms with Gasteiger partial charge < -0.3 is 15.3 Å². The smallest absolute Gasteiger partial charge is 0.317 e. The van der Waals surface area contributed by atoms with Crippen molar-refractivity contribution in [2.75, 3.05) is 13.6 Å². The molecule has 5 nitrogen and oxygen atoms in total. The van der Waals surface area contributed by atoms with E-state index in [1.165, 1.54) is 4.90 Å². The Morgan fingerprint density at radius 2 is 2.00 bits per heavy atom. The highest BCUT2D eigenvalue weighted by Crippen LogP contribution is 2.06. The van der Waals surface area contributed by atoms with Crippen molar-refractivity contribution in [3.05, 3.63) is 35.4 Å². The van der Waals surface area contributed by atoms with Gasteiger partial charge in [0, 0.05) is 20.1 Å². The maximum Gasteiger partial charge on any atom is 0.317 e. The number of rotatable bonds is 5. The van der Waals surface area contributed by atoms with Crippen LogP contribution in [0.25, 0.3) is 0 Å². The van der Waals surface area contributed by atoms with Crippen LogP contribution in [0, 0.1) is 12.8 Å². The van der Waals surface area contributed by atoms with Gasteiger partial charge in [0.1, 0.15) is 0 Å². The second-order valence-electron chi connectivity index (χ2n) is 4.70. The number of carboxylic acid groups (broad SMARTS) is 1. The minimum atomic E-state index is -0.904. The minimum absolute atomic E-state index is 0.189. The first-order valence-electron chi connectivity index (χ1n) is 6.18. The second kappa shape index (κ2) is 6.78. The number of carbonyl (C=O) groups is 2. The van der Waals surface area contributed by atoms with Gasteiger partial charge in [0.2, 0.25) is 0 Å². The van der Waals surface area contributed by atoms with Crippen LogP contribution in [0.5, 0.6) is 0 Å². The molecular weight excluding hydrogens is 244 g/mol. The van der Waals surface area contributed by atoms with Crippen LogP contribution in [-0.2, 0) is 11.3 Å². The third kappa shape index (κ3) is 4.62. The number of amides is 2. The molecule has 0 aromatic heterocycles. The second-order valence-corrected chi connectivity index (χ2v) is 4.70. The lowest BCUT2D eigenvalue weighted by atomic mass is 10.1. The molecule has 0 aliphatic rings. The highest BCUT2D eigenvalue weighted by molar-refractivity contribution is 5.75. The van der Waals surface area contributed by atoms with Gasteiger partial charge in [-0.25, -0.2) is 4.79 Å². The van der Waals surface area contributed by atoms with Crippen molar-refractivity contribution in [2.45, 2.75) is 20.4 Å². The summed E-state index contributed by atoms with van der Waals surface area (Å²) < 4.78 is 0. The fourth-order valence-electron chi connectivity index (χ4n) is 1.69. The van der Waals surface area contributed by atoms with Crippen molar-refractivity contribution in [1.29, 1.82) is 0 Å². The van der Waals surface area contributed by atoms with Crippen LogP contribution in [0.15, 0.2) is 24.3 Å². The minimum Gasteiger partial charge on any atom is -0.481 e. The van der Waals surface area contributed by atoms with Gasteiger partial charge >= 0.3 is 12.0 Å². The SMILES string of the molecule is Cc1ccccc1CNC(=O)N(C)CC(C)C(=O)O. The molecule has 0 heterocycles. The molecule has 19 heavy (non-hydrogen) atoms. The lowest BCUT2D eigenvalue weighted by Crippen LogP contribution is -2.40. The lowest BCUT2D eigenvalue weighted by Gasteiger charge is -2.20. The van der Waals surface area contributed by atoms with Crippen LogP contribution in [-0.4, -0.2) is 35.6 Å². The normalized spacial score (nSPS) is 11.7. The van der Waals surface area contributed by atoms with E-state index in [0.717, 1.165) is 11.1 Å². The van der Waals surface area contributed by atoms with Crippen LogP contribution in [0.1, 0.15) is 18.1 Å². The Morgan fingerprint density at radius 3 is 2.58 bits per heavy atom. The third-order valence-electron chi connectivity index (χ3n) is 3.01. The first-order valence-corrected chi connectivity index (χ1v) is 6.18. The molecule has 0 fully saturated rings. The van der Waals surface area contributed by atoms with E-state index in [2.05, 4.69) is 5.32 Å². The molecule has 104 valence electrons. The van der Waals surface area contributed by atoms with E-state index in [9.17, 15) is 9.59 Å². The predicted molar refractivity (Wildman–Crippen MR) is 72.8 cm³/mol. The monoisotopic (exact) mass is 264 g/mol. The summed E-state index contributed by atoms with van der Waals surface area (Å²) in [5.41, 5.74) is 2.17. The molecule has 2 amide bonds. The maximum absolute atomic E-state index is 11.8. The van der Waals surface area contributed by atoms with E-state index in [0.29, 0.717) is 6.54 Å². The number of nitrogens with one attached hydrogen (secondary N) is 1. The Labute approximate surface area is 113 Å². The summed E-state index contributed by atoms with van der Waals surface area (Å²) in [6.07, 6.45) is 0. The standard InChI is InChI=1S/C14H20N2O3/c1-10-6-4-5-7-12(10)8-15-14(19)16(3)9-11(2)13(17)18/h4-7,11H,8-9H2,1-3H3,(H,15,19)(H,17,18). The molecule has 1 atom stereocenters. The summed E-state index contributed by atoms with van der Waals surface area (Å²) in [6, 6.07) is 7.54. The third-order valence-corrected chi connectivity index (χ3v) is 3.01. The molecule has 5 heteroatoms. The topological polar surface area (TPSA) is 69.6 Å². The van der Waals surface area contributed by atoms with Gasteiger partial charge in [-0.1, -0.05) is 31.2 Å². The van der Waals surface area contributed by atoms with Crippen LogP contribution in [0.3, 0.4) is 0 Å². The fourth-order valence-corrected chi connectivity index (χ4v) is 1.69. The van der Waals surface area contributed by atoms with E-state index < -0.39 is 11.9 Å². The highest BCUT2D eigenvalue weighted by atomic mass is 16.4. The first-order chi connectivity index (χ1) is 8.91. The molecule has 0 spiro atoms. The van der Waals surface area contributed by atoms with Crippen molar-refractivity contribution in [3.63, 3.8) is 0 Å². The zero-order chi connectivity index (χ0) is 14.4. The quantitative estimate of drug-likeness (QED) is 0.852. The van der Waals surface area contributed by atoms with Crippen molar-refractivity contribution in [1.82, 2.24) is 10.2 Å². The van der Waals surface area contributed by atoms with Gasteiger partial charge in [-0.3, -0.25) is 4.79 Å². The molecule has 0 saturated carbocycles. The first kappa shape index (κ1) is 15.0. The molecule has 0 bridgehead atoms. The Kier molecular flexibility index (Phi) is 5.36. The van der Waals surface area contributed by atoms with Gasteiger partial charge in [0.05, 0.1) is 5.92 Å². The molecule has 2 N–H and O–H groups in total. The van der Waals surface area contributed by atoms with Gasteiger partial charge in [-0.2, -0.15) is 0 Å².